The fourth-order valence-electron chi connectivity index (χ4n) is 2.57. The van der Waals surface area contributed by atoms with Crippen molar-refractivity contribution in [2.45, 2.75) is 43.5 Å². The van der Waals surface area contributed by atoms with E-state index in [4.69, 9.17) is 19.3 Å². The number of esters is 2. The van der Waals surface area contributed by atoms with Crippen molar-refractivity contribution in [3.63, 3.8) is 0 Å². The second-order valence-electron chi connectivity index (χ2n) is 5.37. The van der Waals surface area contributed by atoms with Gasteiger partial charge in [-0.1, -0.05) is 0 Å². The number of rotatable bonds is 8. The largest absolute Gasteiger partial charge is 0.450 e. The number of ether oxygens (including phenoxy) is 4. The Kier molecular flexibility index (Phi) is 6.19. The third kappa shape index (κ3) is 3.70. The van der Waals surface area contributed by atoms with Crippen molar-refractivity contribution in [2.24, 2.45) is 0 Å². The van der Waals surface area contributed by atoms with Crippen molar-refractivity contribution >= 4 is 23.5 Å². The summed E-state index contributed by atoms with van der Waals surface area (Å²) >= 11 is 0. The zero-order chi connectivity index (χ0) is 18.7. The van der Waals surface area contributed by atoms with Gasteiger partial charge < -0.3 is 34.3 Å². The Morgan fingerprint density at radius 3 is 2.04 bits per heavy atom. The minimum atomic E-state index is -1.65. The lowest BCUT2D eigenvalue weighted by Gasteiger charge is -2.28. The number of carbonyl (C=O) groups excluding carboxylic acids is 4. The van der Waals surface area contributed by atoms with Crippen molar-refractivity contribution in [3.8, 4) is 0 Å². The van der Waals surface area contributed by atoms with E-state index in [0.29, 0.717) is 0 Å². The zero-order valence-electron chi connectivity index (χ0n) is 13.2. The summed E-state index contributed by atoms with van der Waals surface area (Å²) in [4.78, 5) is 46.5. The molecule has 2 aliphatic rings. The molecule has 2 saturated heterocycles. The summed E-state index contributed by atoms with van der Waals surface area (Å²) in [6.07, 6.45) is -8.84. The van der Waals surface area contributed by atoms with Crippen LogP contribution in [0.5, 0.6) is 0 Å². The Morgan fingerprint density at radius 1 is 0.960 bits per heavy atom. The molecule has 0 saturated carbocycles. The maximum absolute atomic E-state index is 11.9. The number of hydrogen-bond donors (Lipinski definition) is 3. The van der Waals surface area contributed by atoms with Gasteiger partial charge in [-0.05, 0) is 6.92 Å². The first-order valence-electron chi connectivity index (χ1n) is 7.52. The molecule has 2 heterocycles. The molecule has 0 aliphatic carbocycles. The minimum Gasteiger partial charge on any atom is -0.450 e. The van der Waals surface area contributed by atoms with Gasteiger partial charge in [-0.2, -0.15) is 0 Å². The summed E-state index contributed by atoms with van der Waals surface area (Å²) in [6, 6.07) is 0. The molecule has 0 amide bonds. The highest BCUT2D eigenvalue weighted by molar-refractivity contribution is 6.38. The van der Waals surface area contributed by atoms with Crippen LogP contribution >= 0.6 is 0 Å². The third-order valence-corrected chi connectivity index (χ3v) is 3.78. The van der Waals surface area contributed by atoms with Gasteiger partial charge in [0.1, 0.15) is 12.2 Å². The van der Waals surface area contributed by atoms with Crippen molar-refractivity contribution in [1.29, 1.82) is 0 Å². The first kappa shape index (κ1) is 19.4. The van der Waals surface area contributed by atoms with E-state index in [0.717, 1.165) is 0 Å². The topological polar surface area (TPSA) is 166 Å². The monoisotopic (exact) mass is 362 g/mol. The van der Waals surface area contributed by atoms with Crippen LogP contribution in [0.25, 0.3) is 0 Å². The van der Waals surface area contributed by atoms with E-state index in [-0.39, 0.29) is 6.61 Å². The van der Waals surface area contributed by atoms with Crippen molar-refractivity contribution in [3.05, 3.63) is 0 Å². The highest BCUT2D eigenvalue weighted by Gasteiger charge is 2.53. The number of Topliss-reactive ketones (excluding diaryl/α,β-unsaturated/α-hetero) is 2. The number of hydrogen-bond acceptors (Lipinski definition) is 11. The summed E-state index contributed by atoms with van der Waals surface area (Å²) in [5.41, 5.74) is 0. The molecule has 11 heteroatoms. The van der Waals surface area contributed by atoms with E-state index in [9.17, 15) is 29.4 Å². The normalized spacial score (nSPS) is 31.8. The first-order valence-corrected chi connectivity index (χ1v) is 7.52. The highest BCUT2D eigenvalue weighted by Crippen LogP contribution is 2.26. The Morgan fingerprint density at radius 2 is 1.52 bits per heavy atom. The quantitative estimate of drug-likeness (QED) is 0.289. The van der Waals surface area contributed by atoms with Gasteiger partial charge in [0, 0.05) is 6.61 Å². The molecule has 6 atom stereocenters. The summed E-state index contributed by atoms with van der Waals surface area (Å²) < 4.78 is 19.9. The maximum atomic E-state index is 11.9. The van der Waals surface area contributed by atoms with Crippen LogP contribution < -0.4 is 0 Å². The Hall–Kier alpha value is -1.92. The van der Waals surface area contributed by atoms with Crippen LogP contribution in [0.2, 0.25) is 0 Å². The number of cyclic esters (lactones) is 2. The summed E-state index contributed by atoms with van der Waals surface area (Å²) in [6.45, 7) is 0.0438. The summed E-state index contributed by atoms with van der Waals surface area (Å²) in [5.74, 6) is -4.56. The second kappa shape index (κ2) is 7.97. The zero-order valence-corrected chi connectivity index (χ0v) is 13.2. The SMILES string of the molecule is CCOC1C(=O)C(=O)O[C@@H]1[C@H](CO)OC1C(=O)C(=O)O[C@@H]1[C@@H](O)CO. The van der Waals surface area contributed by atoms with Crippen LogP contribution in [0.1, 0.15) is 6.92 Å². The molecule has 2 rings (SSSR count). The third-order valence-electron chi connectivity index (χ3n) is 3.78. The van der Waals surface area contributed by atoms with Crippen LogP contribution in [-0.2, 0) is 38.1 Å². The number of ketones is 2. The molecule has 2 aliphatic heterocycles. The first-order chi connectivity index (χ1) is 11.8. The molecule has 0 spiro atoms. The van der Waals surface area contributed by atoms with Crippen LogP contribution in [0.3, 0.4) is 0 Å². The van der Waals surface area contributed by atoms with Gasteiger partial charge in [-0.3, -0.25) is 9.59 Å². The van der Waals surface area contributed by atoms with Crippen molar-refractivity contribution in [2.75, 3.05) is 19.8 Å². The second-order valence-corrected chi connectivity index (χ2v) is 5.37. The fraction of sp³-hybridized carbons (Fsp3) is 0.714. The molecule has 0 radical (unpaired) electrons. The molecular formula is C14H18O11. The van der Waals surface area contributed by atoms with E-state index in [1.165, 1.54) is 0 Å². The standard InChI is InChI=1S/C14H18O11/c1-2-22-11-7(18)13(20)25-10(11)6(4-16)23-12-8(19)14(21)24-9(12)5(17)3-15/h5-6,9-12,15-17H,2-4H2,1H3/t5-,6-,9+,10+,11?,12?/m0/s1. The van der Waals surface area contributed by atoms with E-state index >= 15 is 0 Å². The van der Waals surface area contributed by atoms with E-state index in [1.807, 2.05) is 0 Å². The predicted octanol–water partition coefficient (Wildman–Crippen LogP) is -3.52. The van der Waals surface area contributed by atoms with Gasteiger partial charge in [-0.25, -0.2) is 9.59 Å². The fourth-order valence-corrected chi connectivity index (χ4v) is 2.57. The minimum absolute atomic E-state index is 0.0670. The Balaban J connectivity index is 2.19. The molecular weight excluding hydrogens is 344 g/mol. The molecule has 3 N–H and O–H groups in total. The number of aliphatic hydroxyl groups excluding tert-OH is 3. The van der Waals surface area contributed by atoms with E-state index < -0.39 is 73.3 Å². The molecule has 0 aromatic carbocycles. The molecule has 140 valence electrons. The van der Waals surface area contributed by atoms with Gasteiger partial charge in [-0.15, -0.1) is 0 Å². The summed E-state index contributed by atoms with van der Waals surface area (Å²) in [7, 11) is 0. The average Bonchev–Trinajstić information content (AvgIpc) is 3.04. The van der Waals surface area contributed by atoms with E-state index in [1.54, 1.807) is 6.92 Å². The van der Waals surface area contributed by atoms with Gasteiger partial charge in [0.2, 0.25) is 0 Å². The lowest BCUT2D eigenvalue weighted by molar-refractivity contribution is -0.171. The van der Waals surface area contributed by atoms with Gasteiger partial charge in [0.25, 0.3) is 11.6 Å². The van der Waals surface area contributed by atoms with Crippen molar-refractivity contribution < 1.29 is 53.4 Å². The van der Waals surface area contributed by atoms with Crippen molar-refractivity contribution in [1.82, 2.24) is 0 Å². The molecule has 2 unspecified atom stereocenters. The van der Waals surface area contributed by atoms with Gasteiger partial charge >= 0.3 is 11.9 Å². The average molecular weight is 362 g/mol. The lowest BCUT2D eigenvalue weighted by Crippen LogP contribution is -2.49. The lowest BCUT2D eigenvalue weighted by atomic mass is 10.0. The summed E-state index contributed by atoms with van der Waals surface area (Å²) in [5, 5.41) is 28.1. The maximum Gasteiger partial charge on any atom is 0.378 e. The van der Waals surface area contributed by atoms with Gasteiger partial charge in [0.05, 0.1) is 13.2 Å². The molecule has 25 heavy (non-hydrogen) atoms. The van der Waals surface area contributed by atoms with Crippen LogP contribution in [-0.4, -0.2) is 95.3 Å². The molecule has 0 bridgehead atoms. The molecule has 2 fully saturated rings. The van der Waals surface area contributed by atoms with Gasteiger partial charge in [0.15, 0.2) is 24.4 Å². The molecule has 0 aromatic rings. The molecule has 11 nitrogen and oxygen atoms in total. The Labute approximate surface area is 141 Å². The highest BCUT2D eigenvalue weighted by atomic mass is 16.6. The van der Waals surface area contributed by atoms with E-state index in [2.05, 4.69) is 4.74 Å². The Bertz CT molecular complexity index is 559. The predicted molar refractivity (Wildman–Crippen MR) is 74.0 cm³/mol. The smallest absolute Gasteiger partial charge is 0.378 e. The van der Waals surface area contributed by atoms with Crippen LogP contribution in [0.4, 0.5) is 0 Å². The van der Waals surface area contributed by atoms with Crippen LogP contribution in [0, 0.1) is 0 Å². The van der Waals surface area contributed by atoms with Crippen LogP contribution in [0.15, 0.2) is 0 Å². The number of carbonyl (C=O) groups is 4. The molecule has 0 aromatic heterocycles. The number of aliphatic hydroxyl groups is 3.